The van der Waals surface area contributed by atoms with Crippen LogP contribution in [-0.4, -0.2) is 43.9 Å². The number of nitrogens with one attached hydrogen (secondary N) is 1. The first-order chi connectivity index (χ1) is 9.08. The number of nitrogens with two attached hydrogens (primary N) is 1. The predicted molar refractivity (Wildman–Crippen MR) is 68.7 cm³/mol. The van der Waals surface area contributed by atoms with E-state index in [0.717, 1.165) is 0 Å². The van der Waals surface area contributed by atoms with Crippen LogP contribution in [0.3, 0.4) is 0 Å². The molecule has 7 heteroatoms. The summed E-state index contributed by atoms with van der Waals surface area (Å²) in [6.45, 7) is -0.244. The smallest absolute Gasteiger partial charge is 0.337 e. The van der Waals surface area contributed by atoms with Gasteiger partial charge in [-0.05, 0) is 18.2 Å². The van der Waals surface area contributed by atoms with Crippen LogP contribution in [0.15, 0.2) is 18.2 Å². The number of anilines is 2. The molecule has 0 heterocycles. The molecule has 0 aromatic heterocycles. The van der Waals surface area contributed by atoms with Crippen molar-refractivity contribution in [2.75, 3.05) is 38.0 Å². The van der Waals surface area contributed by atoms with Gasteiger partial charge in [0.05, 0.1) is 37.3 Å². The molecule has 7 nitrogen and oxygen atoms in total. The van der Waals surface area contributed by atoms with Crippen LogP contribution >= 0.6 is 0 Å². The summed E-state index contributed by atoms with van der Waals surface area (Å²) in [4.78, 5) is 22.7. The number of ether oxygens (including phenoxy) is 2. The lowest BCUT2D eigenvalue weighted by atomic mass is 10.1. The molecule has 19 heavy (non-hydrogen) atoms. The maximum absolute atomic E-state index is 11.4. The first-order valence-corrected chi connectivity index (χ1v) is 5.54. The molecule has 1 aromatic rings. The highest BCUT2D eigenvalue weighted by Gasteiger charge is 2.10. The van der Waals surface area contributed by atoms with E-state index in [0.29, 0.717) is 11.3 Å². The molecule has 1 amide bonds. The number of benzene rings is 1. The Morgan fingerprint density at radius 3 is 2.74 bits per heavy atom. The second-order valence-electron chi connectivity index (χ2n) is 3.62. The Morgan fingerprint density at radius 2 is 2.16 bits per heavy atom. The molecule has 0 saturated carbocycles. The van der Waals surface area contributed by atoms with Crippen molar-refractivity contribution in [2.45, 2.75) is 0 Å². The number of aliphatic hydroxyl groups excluding tert-OH is 1. The van der Waals surface area contributed by atoms with Gasteiger partial charge >= 0.3 is 5.97 Å². The van der Waals surface area contributed by atoms with Gasteiger partial charge in [0.15, 0.2) is 0 Å². The maximum Gasteiger partial charge on any atom is 0.337 e. The summed E-state index contributed by atoms with van der Waals surface area (Å²) in [5, 5.41) is 11.0. The summed E-state index contributed by atoms with van der Waals surface area (Å²) in [5.41, 5.74) is 6.64. The van der Waals surface area contributed by atoms with Crippen molar-refractivity contribution in [1.29, 1.82) is 0 Å². The van der Waals surface area contributed by atoms with Crippen LogP contribution in [0, 0.1) is 0 Å². The molecular formula is C12H16N2O5. The summed E-state index contributed by atoms with van der Waals surface area (Å²) in [6, 6.07) is 4.41. The number of esters is 1. The summed E-state index contributed by atoms with van der Waals surface area (Å²) in [7, 11) is 1.27. The Balaban J connectivity index is 2.64. The molecule has 0 aliphatic carbocycles. The Kier molecular flexibility index (Phi) is 5.77. The van der Waals surface area contributed by atoms with E-state index in [4.69, 9.17) is 15.6 Å². The van der Waals surface area contributed by atoms with Crippen molar-refractivity contribution in [3.63, 3.8) is 0 Å². The number of aliphatic hydroxyl groups is 1. The quantitative estimate of drug-likeness (QED) is 0.380. The Bertz CT molecular complexity index is 461. The fourth-order valence-electron chi connectivity index (χ4n) is 1.34. The van der Waals surface area contributed by atoms with Gasteiger partial charge in [0.25, 0.3) is 0 Å². The van der Waals surface area contributed by atoms with E-state index in [1.807, 2.05) is 0 Å². The van der Waals surface area contributed by atoms with Gasteiger partial charge in [-0.15, -0.1) is 0 Å². The average molecular weight is 268 g/mol. The Hall–Kier alpha value is -2.12. The normalized spacial score (nSPS) is 10.0. The van der Waals surface area contributed by atoms with Crippen molar-refractivity contribution >= 4 is 23.3 Å². The average Bonchev–Trinajstić information content (AvgIpc) is 2.40. The molecule has 0 spiro atoms. The molecule has 1 aromatic carbocycles. The van der Waals surface area contributed by atoms with Gasteiger partial charge in [-0.1, -0.05) is 0 Å². The fraction of sp³-hybridized carbons (Fsp3) is 0.333. The Morgan fingerprint density at radius 1 is 1.42 bits per heavy atom. The summed E-state index contributed by atoms with van der Waals surface area (Å²) in [5.74, 6) is -0.901. The first kappa shape index (κ1) is 14.9. The van der Waals surface area contributed by atoms with E-state index < -0.39 is 11.9 Å². The van der Waals surface area contributed by atoms with Crippen molar-refractivity contribution in [1.82, 2.24) is 0 Å². The second kappa shape index (κ2) is 7.34. The summed E-state index contributed by atoms with van der Waals surface area (Å²) in [6.07, 6.45) is 0. The first-order valence-electron chi connectivity index (χ1n) is 5.54. The van der Waals surface area contributed by atoms with Crippen molar-refractivity contribution in [3.05, 3.63) is 23.8 Å². The van der Waals surface area contributed by atoms with E-state index in [1.54, 1.807) is 0 Å². The van der Waals surface area contributed by atoms with Crippen LogP contribution in [0.5, 0.6) is 0 Å². The minimum absolute atomic E-state index is 0.0875. The third-order valence-corrected chi connectivity index (χ3v) is 2.22. The highest BCUT2D eigenvalue weighted by atomic mass is 16.5. The van der Waals surface area contributed by atoms with Gasteiger partial charge in [-0.2, -0.15) is 0 Å². The minimum atomic E-state index is -0.504. The van der Waals surface area contributed by atoms with Gasteiger partial charge in [0.2, 0.25) is 5.91 Å². The van der Waals surface area contributed by atoms with E-state index in [1.165, 1.54) is 25.3 Å². The summed E-state index contributed by atoms with van der Waals surface area (Å²) >= 11 is 0. The molecule has 0 atom stereocenters. The lowest BCUT2D eigenvalue weighted by Gasteiger charge is -2.09. The van der Waals surface area contributed by atoms with Crippen LogP contribution in [0.2, 0.25) is 0 Å². The second-order valence-corrected chi connectivity index (χ2v) is 3.62. The topological polar surface area (TPSA) is 111 Å². The van der Waals surface area contributed by atoms with Crippen molar-refractivity contribution < 1.29 is 24.2 Å². The molecule has 0 fully saturated rings. The predicted octanol–water partition coefficient (Wildman–Crippen LogP) is 0.00280. The molecule has 4 N–H and O–H groups in total. The van der Waals surface area contributed by atoms with Gasteiger partial charge in [-0.3, -0.25) is 4.79 Å². The lowest BCUT2D eigenvalue weighted by molar-refractivity contribution is -0.120. The zero-order valence-corrected chi connectivity index (χ0v) is 10.5. The number of carbonyl (C=O) groups is 2. The fourth-order valence-corrected chi connectivity index (χ4v) is 1.34. The monoisotopic (exact) mass is 268 g/mol. The van der Waals surface area contributed by atoms with Crippen molar-refractivity contribution in [2.24, 2.45) is 0 Å². The lowest BCUT2D eigenvalue weighted by Crippen LogP contribution is -2.20. The molecule has 1 rings (SSSR count). The SMILES string of the molecule is COC(=O)c1ccc(NC(=O)COCCO)c(N)c1. The van der Waals surface area contributed by atoms with Crippen LogP contribution in [-0.2, 0) is 14.3 Å². The number of hydrogen-bond donors (Lipinski definition) is 3. The summed E-state index contributed by atoms with van der Waals surface area (Å²) < 4.78 is 9.41. The molecule has 104 valence electrons. The number of amides is 1. The number of hydrogen-bond acceptors (Lipinski definition) is 6. The highest BCUT2D eigenvalue weighted by molar-refractivity contribution is 5.97. The van der Waals surface area contributed by atoms with E-state index >= 15 is 0 Å². The molecule has 0 radical (unpaired) electrons. The molecule has 0 aliphatic heterocycles. The molecule has 0 saturated heterocycles. The van der Waals surface area contributed by atoms with Crippen LogP contribution in [0.25, 0.3) is 0 Å². The minimum Gasteiger partial charge on any atom is -0.465 e. The van der Waals surface area contributed by atoms with E-state index in [9.17, 15) is 9.59 Å². The van der Waals surface area contributed by atoms with Crippen LogP contribution in [0.4, 0.5) is 11.4 Å². The number of methoxy groups -OCH3 is 1. The largest absolute Gasteiger partial charge is 0.465 e. The van der Waals surface area contributed by atoms with Gasteiger partial charge in [0.1, 0.15) is 6.61 Å². The molecule has 0 unspecified atom stereocenters. The van der Waals surface area contributed by atoms with Crippen LogP contribution < -0.4 is 11.1 Å². The zero-order valence-electron chi connectivity index (χ0n) is 10.5. The van der Waals surface area contributed by atoms with Gasteiger partial charge in [-0.25, -0.2) is 4.79 Å². The number of carbonyl (C=O) groups excluding carboxylic acids is 2. The maximum atomic E-state index is 11.4. The van der Waals surface area contributed by atoms with Crippen molar-refractivity contribution in [3.8, 4) is 0 Å². The highest BCUT2D eigenvalue weighted by Crippen LogP contribution is 2.20. The molecule has 0 aliphatic rings. The van der Waals surface area contributed by atoms with Crippen LogP contribution in [0.1, 0.15) is 10.4 Å². The number of nitrogen functional groups attached to an aromatic ring is 1. The van der Waals surface area contributed by atoms with Gasteiger partial charge in [0, 0.05) is 0 Å². The standard InChI is InChI=1S/C12H16N2O5/c1-18-12(17)8-2-3-10(9(13)6-8)14-11(16)7-19-5-4-15/h2-3,6,15H,4-5,7,13H2,1H3,(H,14,16). The van der Waals surface area contributed by atoms with E-state index in [2.05, 4.69) is 10.1 Å². The zero-order chi connectivity index (χ0) is 14.3. The van der Waals surface area contributed by atoms with Gasteiger partial charge < -0.3 is 25.6 Å². The molecule has 0 bridgehead atoms. The Labute approximate surface area is 110 Å². The molecular weight excluding hydrogens is 252 g/mol. The third-order valence-electron chi connectivity index (χ3n) is 2.22. The number of rotatable bonds is 6. The third kappa shape index (κ3) is 4.57. The van der Waals surface area contributed by atoms with E-state index in [-0.39, 0.29) is 25.5 Å².